The Balaban J connectivity index is 3.20. The highest BCUT2D eigenvalue weighted by molar-refractivity contribution is 5.70. The highest BCUT2D eigenvalue weighted by Crippen LogP contribution is 2.02. The van der Waals surface area contributed by atoms with Crippen molar-refractivity contribution in [2.45, 2.75) is 39.0 Å². The van der Waals surface area contributed by atoms with E-state index in [1.165, 1.54) is 14.0 Å². The van der Waals surface area contributed by atoms with Crippen LogP contribution in [0.25, 0.3) is 0 Å². The zero-order valence-electron chi connectivity index (χ0n) is 10.0. The first kappa shape index (κ1) is 14.7. The van der Waals surface area contributed by atoms with Gasteiger partial charge in [0.25, 0.3) is 0 Å². The Morgan fingerprint density at radius 3 is 2.50 bits per heavy atom. The molecule has 0 saturated carbocycles. The van der Waals surface area contributed by atoms with Crippen LogP contribution in [0.1, 0.15) is 39.0 Å². The molecule has 0 amide bonds. The fraction of sp³-hybridized carbons (Fsp3) is 0.667. The molecule has 0 spiro atoms. The molecule has 0 fully saturated rings. The summed E-state index contributed by atoms with van der Waals surface area (Å²) in [6.45, 7) is 1.91. The Kier molecular flexibility index (Phi) is 9.36. The van der Waals surface area contributed by atoms with Crippen molar-refractivity contribution in [3.63, 3.8) is 0 Å². The van der Waals surface area contributed by atoms with Crippen molar-refractivity contribution in [2.75, 3.05) is 13.7 Å². The monoisotopic (exact) mass is 228 g/mol. The summed E-state index contributed by atoms with van der Waals surface area (Å²) in [5.74, 6) is -0.441. The molecule has 0 rings (SSSR count). The van der Waals surface area contributed by atoms with E-state index in [-0.39, 0.29) is 11.9 Å². The lowest BCUT2D eigenvalue weighted by Crippen LogP contribution is -1.99. The number of unbranched alkanes of at least 4 members (excludes halogenated alkanes) is 3. The van der Waals surface area contributed by atoms with Crippen molar-refractivity contribution < 1.29 is 19.1 Å². The fourth-order valence-corrected chi connectivity index (χ4v) is 1.14. The maximum Gasteiger partial charge on any atom is 0.309 e. The van der Waals surface area contributed by atoms with E-state index in [4.69, 9.17) is 4.74 Å². The summed E-state index contributed by atoms with van der Waals surface area (Å²) in [5, 5.41) is 0. The maximum absolute atomic E-state index is 10.7. The Hall–Kier alpha value is -1.32. The molecule has 0 aliphatic rings. The summed E-state index contributed by atoms with van der Waals surface area (Å²) in [6, 6.07) is 0. The van der Waals surface area contributed by atoms with Crippen molar-refractivity contribution in [2.24, 2.45) is 0 Å². The lowest BCUT2D eigenvalue weighted by Gasteiger charge is -2.00. The van der Waals surface area contributed by atoms with Gasteiger partial charge < -0.3 is 9.47 Å². The normalized spacial score (nSPS) is 10.4. The Morgan fingerprint density at radius 2 is 1.88 bits per heavy atom. The third kappa shape index (κ3) is 10.8. The second-order valence-corrected chi connectivity index (χ2v) is 3.44. The predicted octanol–water partition coefficient (Wildman–Crippen LogP) is 2.23. The summed E-state index contributed by atoms with van der Waals surface area (Å²) in [7, 11) is 1.38. The molecule has 16 heavy (non-hydrogen) atoms. The van der Waals surface area contributed by atoms with Crippen LogP contribution in [-0.4, -0.2) is 25.7 Å². The van der Waals surface area contributed by atoms with E-state index in [0.29, 0.717) is 13.0 Å². The van der Waals surface area contributed by atoms with E-state index in [1.807, 2.05) is 12.2 Å². The quantitative estimate of drug-likeness (QED) is 0.363. The molecule has 4 heteroatoms. The zero-order valence-corrected chi connectivity index (χ0v) is 10.0. The van der Waals surface area contributed by atoms with Crippen LogP contribution in [0, 0.1) is 0 Å². The zero-order chi connectivity index (χ0) is 12.2. The largest absolute Gasteiger partial charge is 0.469 e. The number of hydrogen-bond acceptors (Lipinski definition) is 4. The van der Waals surface area contributed by atoms with Crippen molar-refractivity contribution in [1.82, 2.24) is 0 Å². The topological polar surface area (TPSA) is 52.6 Å². The number of carbonyl (C=O) groups is 2. The molecule has 0 aromatic heterocycles. The lowest BCUT2D eigenvalue weighted by atomic mass is 10.2. The summed E-state index contributed by atoms with van der Waals surface area (Å²) < 4.78 is 9.29. The fourth-order valence-electron chi connectivity index (χ4n) is 1.14. The molecular weight excluding hydrogens is 208 g/mol. The van der Waals surface area contributed by atoms with Gasteiger partial charge in [-0.15, -0.1) is 0 Å². The van der Waals surface area contributed by atoms with Crippen LogP contribution >= 0.6 is 0 Å². The molecule has 0 radical (unpaired) electrons. The van der Waals surface area contributed by atoms with Crippen molar-refractivity contribution >= 4 is 11.9 Å². The van der Waals surface area contributed by atoms with Gasteiger partial charge in [-0.2, -0.15) is 0 Å². The average molecular weight is 228 g/mol. The number of methoxy groups -OCH3 is 1. The third-order valence-electron chi connectivity index (χ3n) is 2.00. The van der Waals surface area contributed by atoms with Gasteiger partial charge in [0.1, 0.15) is 0 Å². The van der Waals surface area contributed by atoms with Gasteiger partial charge in [0, 0.05) is 6.92 Å². The van der Waals surface area contributed by atoms with Gasteiger partial charge in [-0.3, -0.25) is 9.59 Å². The summed E-state index contributed by atoms with van der Waals surface area (Å²) in [4.78, 5) is 21.2. The standard InChI is InChI=1S/C12H20O4/c1-11(13)16-10-8-6-4-3-5-7-9-12(14)15-2/h5,7H,3-4,6,8-10H2,1-2H3/b7-5+. The Morgan fingerprint density at radius 1 is 1.12 bits per heavy atom. The average Bonchev–Trinajstić information content (AvgIpc) is 2.26. The molecule has 0 unspecified atom stereocenters. The van der Waals surface area contributed by atoms with E-state index < -0.39 is 0 Å². The predicted molar refractivity (Wildman–Crippen MR) is 60.9 cm³/mol. The highest BCUT2D eigenvalue weighted by atomic mass is 16.5. The number of rotatable bonds is 8. The van der Waals surface area contributed by atoms with Crippen LogP contribution < -0.4 is 0 Å². The van der Waals surface area contributed by atoms with E-state index in [0.717, 1.165) is 25.7 Å². The van der Waals surface area contributed by atoms with Crippen molar-refractivity contribution in [1.29, 1.82) is 0 Å². The van der Waals surface area contributed by atoms with Gasteiger partial charge in [-0.05, 0) is 25.7 Å². The molecule has 0 heterocycles. The van der Waals surface area contributed by atoms with Gasteiger partial charge in [0.05, 0.1) is 20.1 Å². The van der Waals surface area contributed by atoms with Gasteiger partial charge in [0.15, 0.2) is 0 Å². The van der Waals surface area contributed by atoms with Crippen LogP contribution in [0.5, 0.6) is 0 Å². The van der Waals surface area contributed by atoms with E-state index in [9.17, 15) is 9.59 Å². The minimum Gasteiger partial charge on any atom is -0.469 e. The summed E-state index contributed by atoms with van der Waals surface area (Å²) in [5.41, 5.74) is 0. The first-order chi connectivity index (χ1) is 7.66. The van der Waals surface area contributed by atoms with Gasteiger partial charge >= 0.3 is 11.9 Å². The molecule has 0 atom stereocenters. The van der Waals surface area contributed by atoms with E-state index in [2.05, 4.69) is 4.74 Å². The number of hydrogen-bond donors (Lipinski definition) is 0. The minimum atomic E-state index is -0.224. The first-order valence-corrected chi connectivity index (χ1v) is 5.52. The van der Waals surface area contributed by atoms with Crippen LogP contribution in [0.15, 0.2) is 12.2 Å². The lowest BCUT2D eigenvalue weighted by molar-refractivity contribution is -0.141. The van der Waals surface area contributed by atoms with Crippen LogP contribution in [-0.2, 0) is 19.1 Å². The second-order valence-electron chi connectivity index (χ2n) is 3.44. The van der Waals surface area contributed by atoms with Gasteiger partial charge in [-0.25, -0.2) is 0 Å². The summed E-state index contributed by atoms with van der Waals surface area (Å²) >= 11 is 0. The second kappa shape index (κ2) is 10.2. The molecular formula is C12H20O4. The van der Waals surface area contributed by atoms with Gasteiger partial charge in [-0.1, -0.05) is 12.2 Å². The van der Waals surface area contributed by atoms with Crippen molar-refractivity contribution in [3.8, 4) is 0 Å². The minimum absolute atomic E-state index is 0.217. The number of ether oxygens (including phenoxy) is 2. The smallest absolute Gasteiger partial charge is 0.309 e. The summed E-state index contributed by atoms with van der Waals surface area (Å²) in [6.07, 6.45) is 8.03. The molecule has 0 aromatic rings. The number of allylic oxidation sites excluding steroid dienone is 1. The van der Waals surface area contributed by atoms with E-state index in [1.54, 1.807) is 0 Å². The highest BCUT2D eigenvalue weighted by Gasteiger charge is 1.94. The first-order valence-electron chi connectivity index (χ1n) is 5.52. The van der Waals surface area contributed by atoms with Crippen LogP contribution in [0.2, 0.25) is 0 Å². The SMILES string of the molecule is COC(=O)C/C=C/CCCCCOC(C)=O. The Bertz CT molecular complexity index is 233. The van der Waals surface area contributed by atoms with Crippen LogP contribution in [0.4, 0.5) is 0 Å². The van der Waals surface area contributed by atoms with Crippen molar-refractivity contribution in [3.05, 3.63) is 12.2 Å². The number of esters is 2. The number of carbonyl (C=O) groups excluding carboxylic acids is 2. The Labute approximate surface area is 96.6 Å². The molecule has 92 valence electrons. The molecule has 0 aliphatic heterocycles. The molecule has 4 nitrogen and oxygen atoms in total. The third-order valence-corrected chi connectivity index (χ3v) is 2.00. The molecule has 0 saturated heterocycles. The van der Waals surface area contributed by atoms with Crippen LogP contribution in [0.3, 0.4) is 0 Å². The molecule has 0 bridgehead atoms. The molecule has 0 N–H and O–H groups in total. The maximum atomic E-state index is 10.7. The molecule has 0 aromatic carbocycles. The molecule has 0 aliphatic carbocycles. The van der Waals surface area contributed by atoms with Gasteiger partial charge in [0.2, 0.25) is 0 Å². The van der Waals surface area contributed by atoms with E-state index >= 15 is 0 Å².